The van der Waals surface area contributed by atoms with Crippen LogP contribution in [0.1, 0.15) is 11.4 Å². The number of nitrogens with one attached hydrogen (secondary N) is 1. The molecule has 0 saturated heterocycles. The lowest BCUT2D eigenvalue weighted by Crippen LogP contribution is -2.21. The van der Waals surface area contributed by atoms with Gasteiger partial charge in [-0.1, -0.05) is 5.16 Å². The number of aromatic nitrogens is 3. The van der Waals surface area contributed by atoms with E-state index in [1.54, 1.807) is 35.3 Å². The van der Waals surface area contributed by atoms with Gasteiger partial charge in [-0.3, -0.25) is 4.68 Å². The Morgan fingerprint density at radius 2 is 2.19 bits per heavy atom. The third-order valence-electron chi connectivity index (χ3n) is 2.74. The molecule has 0 unspecified atom stereocenters. The van der Waals surface area contributed by atoms with E-state index in [4.69, 9.17) is 15.7 Å². The number of nitrogens with two attached hydrogens (primary N) is 1. The number of ether oxygens (including phenoxy) is 1. The lowest BCUT2D eigenvalue weighted by Gasteiger charge is -2.07. The molecular weight excluding hydrogens is 272 g/mol. The Bertz CT molecular complexity index is 593. The fourth-order valence-corrected chi connectivity index (χ4v) is 1.69. The van der Waals surface area contributed by atoms with Crippen molar-refractivity contribution in [3.8, 4) is 5.75 Å². The molecule has 21 heavy (non-hydrogen) atoms. The largest absolute Gasteiger partial charge is 0.492 e. The molecule has 2 rings (SSSR count). The predicted molar refractivity (Wildman–Crippen MR) is 77.2 cm³/mol. The molecule has 0 aliphatic heterocycles. The Hall–Kier alpha value is -2.61. The van der Waals surface area contributed by atoms with Gasteiger partial charge in [-0.05, 0) is 24.3 Å². The normalized spacial score (nSPS) is 11.6. The number of nitrogens with zero attached hydrogens (tertiary/aromatic N) is 4. The van der Waals surface area contributed by atoms with Gasteiger partial charge in [0, 0.05) is 19.2 Å². The molecule has 0 spiro atoms. The first-order valence-corrected chi connectivity index (χ1v) is 6.45. The van der Waals surface area contributed by atoms with Crippen LogP contribution in [0.4, 0.5) is 0 Å². The van der Waals surface area contributed by atoms with Gasteiger partial charge >= 0.3 is 0 Å². The van der Waals surface area contributed by atoms with Crippen molar-refractivity contribution in [2.75, 3.05) is 13.2 Å². The summed E-state index contributed by atoms with van der Waals surface area (Å²) in [6, 6.07) is 7.01. The van der Waals surface area contributed by atoms with Gasteiger partial charge in [-0.2, -0.15) is 5.10 Å². The van der Waals surface area contributed by atoms with Crippen LogP contribution in [-0.4, -0.2) is 39.0 Å². The number of rotatable bonds is 7. The molecule has 0 aliphatic carbocycles. The summed E-state index contributed by atoms with van der Waals surface area (Å²) in [7, 11) is 1.83. The summed E-state index contributed by atoms with van der Waals surface area (Å²) in [5.74, 6) is 1.55. The van der Waals surface area contributed by atoms with E-state index in [0.717, 1.165) is 11.6 Å². The molecular formula is C13H18N6O2. The maximum absolute atomic E-state index is 8.57. The molecule has 0 atom stereocenters. The minimum absolute atomic E-state index is 0.0751. The van der Waals surface area contributed by atoms with E-state index in [0.29, 0.717) is 25.3 Å². The van der Waals surface area contributed by atoms with Crippen LogP contribution in [0.5, 0.6) is 5.75 Å². The number of hydrogen-bond donors (Lipinski definition) is 3. The molecule has 1 heterocycles. The molecule has 2 aromatic rings. The number of oxime groups is 1. The second-order valence-corrected chi connectivity index (χ2v) is 4.37. The Morgan fingerprint density at radius 3 is 2.81 bits per heavy atom. The molecule has 0 fully saturated rings. The summed E-state index contributed by atoms with van der Waals surface area (Å²) < 4.78 is 7.23. The zero-order valence-corrected chi connectivity index (χ0v) is 11.7. The van der Waals surface area contributed by atoms with Crippen molar-refractivity contribution in [1.29, 1.82) is 0 Å². The molecule has 0 amide bonds. The van der Waals surface area contributed by atoms with Gasteiger partial charge in [0.15, 0.2) is 11.7 Å². The molecule has 1 aromatic heterocycles. The minimum Gasteiger partial charge on any atom is -0.492 e. The third-order valence-corrected chi connectivity index (χ3v) is 2.74. The van der Waals surface area contributed by atoms with Crippen LogP contribution >= 0.6 is 0 Å². The van der Waals surface area contributed by atoms with Crippen molar-refractivity contribution in [2.45, 2.75) is 6.54 Å². The highest BCUT2D eigenvalue weighted by Gasteiger charge is 2.00. The number of aryl methyl sites for hydroxylation is 1. The van der Waals surface area contributed by atoms with Crippen molar-refractivity contribution in [3.05, 3.63) is 42.0 Å². The summed E-state index contributed by atoms with van der Waals surface area (Å²) in [4.78, 5) is 4.11. The van der Waals surface area contributed by atoms with E-state index in [1.807, 2.05) is 7.05 Å². The van der Waals surface area contributed by atoms with Gasteiger partial charge in [0.1, 0.15) is 18.7 Å². The van der Waals surface area contributed by atoms with Crippen LogP contribution in [0.2, 0.25) is 0 Å². The van der Waals surface area contributed by atoms with Crippen molar-refractivity contribution >= 4 is 5.84 Å². The monoisotopic (exact) mass is 290 g/mol. The Labute approximate surface area is 122 Å². The smallest absolute Gasteiger partial charge is 0.170 e. The van der Waals surface area contributed by atoms with Gasteiger partial charge in [-0.25, -0.2) is 4.98 Å². The standard InChI is InChI=1S/C13H18N6O2/c1-19-9-16-12(17-19)8-15-6-7-21-11-4-2-10(3-5-11)13(14)18-20/h2-5,9,15,20H,6-8H2,1H3,(H2,14,18). The average molecular weight is 290 g/mol. The first-order valence-electron chi connectivity index (χ1n) is 6.45. The van der Waals surface area contributed by atoms with Crippen LogP contribution in [0.3, 0.4) is 0 Å². The summed E-state index contributed by atoms with van der Waals surface area (Å²) in [5.41, 5.74) is 6.12. The molecule has 0 saturated carbocycles. The van der Waals surface area contributed by atoms with E-state index in [2.05, 4.69) is 20.6 Å². The summed E-state index contributed by atoms with van der Waals surface area (Å²) >= 11 is 0. The maximum Gasteiger partial charge on any atom is 0.170 e. The van der Waals surface area contributed by atoms with E-state index in [1.165, 1.54) is 0 Å². The highest BCUT2D eigenvalue weighted by molar-refractivity contribution is 5.97. The molecule has 8 heteroatoms. The average Bonchev–Trinajstić information content (AvgIpc) is 2.92. The van der Waals surface area contributed by atoms with Gasteiger partial charge in [0.25, 0.3) is 0 Å². The molecule has 1 aromatic carbocycles. The third kappa shape index (κ3) is 4.46. The quantitative estimate of drug-likeness (QED) is 0.219. The predicted octanol–water partition coefficient (Wildman–Crippen LogP) is 0.0782. The number of amidine groups is 1. The van der Waals surface area contributed by atoms with Gasteiger partial charge in [-0.15, -0.1) is 0 Å². The second-order valence-electron chi connectivity index (χ2n) is 4.37. The lowest BCUT2D eigenvalue weighted by atomic mass is 10.2. The summed E-state index contributed by atoms with van der Waals surface area (Å²) in [6.07, 6.45) is 1.66. The molecule has 4 N–H and O–H groups in total. The summed E-state index contributed by atoms with van der Waals surface area (Å²) in [5, 5.41) is 18.8. The fourth-order valence-electron chi connectivity index (χ4n) is 1.69. The van der Waals surface area contributed by atoms with E-state index in [9.17, 15) is 0 Å². The zero-order valence-electron chi connectivity index (χ0n) is 11.7. The van der Waals surface area contributed by atoms with Gasteiger partial charge < -0.3 is 21.0 Å². The second kappa shape index (κ2) is 7.25. The van der Waals surface area contributed by atoms with Crippen LogP contribution in [-0.2, 0) is 13.6 Å². The number of hydrogen-bond acceptors (Lipinski definition) is 6. The SMILES string of the molecule is Cn1cnc(CNCCOc2ccc(/C(N)=N/O)cc2)n1. The number of benzene rings is 1. The first-order chi connectivity index (χ1) is 10.2. The van der Waals surface area contributed by atoms with Crippen LogP contribution < -0.4 is 15.8 Å². The van der Waals surface area contributed by atoms with Crippen LogP contribution in [0, 0.1) is 0 Å². The van der Waals surface area contributed by atoms with Gasteiger partial charge in [0.05, 0.1) is 6.54 Å². The van der Waals surface area contributed by atoms with Crippen LogP contribution in [0.15, 0.2) is 35.7 Å². The first kappa shape index (κ1) is 14.8. The van der Waals surface area contributed by atoms with E-state index < -0.39 is 0 Å². The molecule has 8 nitrogen and oxygen atoms in total. The Balaban J connectivity index is 1.69. The highest BCUT2D eigenvalue weighted by Crippen LogP contribution is 2.11. The van der Waals surface area contributed by atoms with Crippen molar-refractivity contribution in [3.63, 3.8) is 0 Å². The van der Waals surface area contributed by atoms with Crippen molar-refractivity contribution < 1.29 is 9.94 Å². The van der Waals surface area contributed by atoms with E-state index >= 15 is 0 Å². The zero-order chi connectivity index (χ0) is 15.1. The lowest BCUT2D eigenvalue weighted by molar-refractivity contribution is 0.313. The Kier molecular flexibility index (Phi) is 5.10. The topological polar surface area (TPSA) is 111 Å². The van der Waals surface area contributed by atoms with Crippen molar-refractivity contribution in [1.82, 2.24) is 20.1 Å². The molecule has 112 valence electrons. The maximum atomic E-state index is 8.57. The van der Waals surface area contributed by atoms with Crippen molar-refractivity contribution in [2.24, 2.45) is 17.9 Å². The van der Waals surface area contributed by atoms with Gasteiger partial charge in [0.2, 0.25) is 0 Å². The highest BCUT2D eigenvalue weighted by atomic mass is 16.5. The summed E-state index contributed by atoms with van der Waals surface area (Å²) in [6.45, 7) is 1.81. The molecule has 0 bridgehead atoms. The van der Waals surface area contributed by atoms with E-state index in [-0.39, 0.29) is 5.84 Å². The fraction of sp³-hybridized carbons (Fsp3) is 0.308. The minimum atomic E-state index is 0.0751. The molecule has 0 aliphatic rings. The Morgan fingerprint density at radius 1 is 1.43 bits per heavy atom. The molecule has 0 radical (unpaired) electrons. The van der Waals surface area contributed by atoms with Crippen LogP contribution in [0.25, 0.3) is 0 Å².